The largest absolute Gasteiger partial charge is 0.311 e. The topological polar surface area (TPSA) is 18.8 Å². The van der Waals surface area contributed by atoms with Gasteiger partial charge in [0.15, 0.2) is 5.84 Å². The summed E-state index contributed by atoms with van der Waals surface area (Å²) in [6.45, 7) is 0.737. The number of allylic oxidation sites excluding steroid dienone is 2. The van der Waals surface area contributed by atoms with Crippen LogP contribution < -0.4 is 5.01 Å². The second-order valence-corrected chi connectivity index (χ2v) is 4.58. The van der Waals surface area contributed by atoms with Crippen LogP contribution in [-0.4, -0.2) is 17.4 Å². The summed E-state index contributed by atoms with van der Waals surface area (Å²) in [6, 6.07) is 15.7. The minimum atomic E-state index is 0.737. The van der Waals surface area contributed by atoms with Crippen molar-refractivity contribution in [1.29, 1.82) is 0 Å². The smallest absolute Gasteiger partial charge is 0.154 e. The summed E-state index contributed by atoms with van der Waals surface area (Å²) in [4.78, 5) is 2.12. The van der Waals surface area contributed by atoms with E-state index in [9.17, 15) is 0 Å². The van der Waals surface area contributed by atoms with E-state index in [4.69, 9.17) is 0 Å². The van der Waals surface area contributed by atoms with Crippen molar-refractivity contribution in [3.8, 4) is 0 Å². The van der Waals surface area contributed by atoms with Gasteiger partial charge in [-0.05, 0) is 17.5 Å². The van der Waals surface area contributed by atoms with Crippen LogP contribution in [0.2, 0.25) is 0 Å². The number of hydrazone groups is 1. The van der Waals surface area contributed by atoms with Crippen LogP contribution in [0.3, 0.4) is 0 Å². The fraction of sp³-hybridized carbons (Fsp3) is 0.0625. The zero-order valence-electron chi connectivity index (χ0n) is 10.3. The molecule has 0 bridgehead atoms. The van der Waals surface area contributed by atoms with Crippen molar-refractivity contribution < 1.29 is 0 Å². The highest BCUT2D eigenvalue weighted by atomic mass is 15.6. The molecule has 2 aliphatic heterocycles. The number of benzene rings is 2. The van der Waals surface area contributed by atoms with Crippen LogP contribution in [0.5, 0.6) is 0 Å². The predicted octanol–water partition coefficient (Wildman–Crippen LogP) is 3.12. The first-order valence-corrected chi connectivity index (χ1v) is 6.29. The van der Waals surface area contributed by atoms with Crippen molar-refractivity contribution in [2.24, 2.45) is 5.10 Å². The SMILES string of the molecule is [c]1ccc2ccccc2c1N1CN2C=CC=CC2=N1. The number of hydrogen-bond donors (Lipinski definition) is 0. The first kappa shape index (κ1) is 10.4. The van der Waals surface area contributed by atoms with E-state index in [1.54, 1.807) is 0 Å². The van der Waals surface area contributed by atoms with Crippen LogP contribution in [0.1, 0.15) is 0 Å². The monoisotopic (exact) mass is 246 g/mol. The van der Waals surface area contributed by atoms with Gasteiger partial charge in [-0.15, -0.1) is 0 Å². The summed E-state index contributed by atoms with van der Waals surface area (Å²) in [5.74, 6) is 0.976. The molecule has 0 aromatic heterocycles. The molecular weight excluding hydrogens is 234 g/mol. The van der Waals surface area contributed by atoms with E-state index in [1.165, 1.54) is 10.8 Å². The minimum Gasteiger partial charge on any atom is -0.311 e. The van der Waals surface area contributed by atoms with E-state index >= 15 is 0 Å². The fourth-order valence-corrected chi connectivity index (χ4v) is 2.46. The lowest BCUT2D eigenvalue weighted by Crippen LogP contribution is -2.26. The molecule has 0 atom stereocenters. The summed E-state index contributed by atoms with van der Waals surface area (Å²) in [6.07, 6.45) is 8.09. The van der Waals surface area contributed by atoms with Gasteiger partial charge in [0.05, 0.1) is 5.69 Å². The van der Waals surface area contributed by atoms with Gasteiger partial charge in [0.1, 0.15) is 6.67 Å². The van der Waals surface area contributed by atoms with Gasteiger partial charge < -0.3 is 4.90 Å². The average Bonchev–Trinajstić information content (AvgIpc) is 2.90. The molecule has 2 heterocycles. The first-order valence-electron chi connectivity index (χ1n) is 6.29. The Morgan fingerprint density at radius 2 is 2.05 bits per heavy atom. The highest BCUT2D eigenvalue weighted by Crippen LogP contribution is 2.29. The minimum absolute atomic E-state index is 0.737. The number of amidine groups is 1. The number of hydrogen-bond acceptors (Lipinski definition) is 3. The highest BCUT2D eigenvalue weighted by molar-refractivity contribution is 5.99. The number of rotatable bonds is 1. The summed E-state index contributed by atoms with van der Waals surface area (Å²) >= 11 is 0. The van der Waals surface area contributed by atoms with E-state index < -0.39 is 0 Å². The summed E-state index contributed by atoms with van der Waals surface area (Å²) in [5.41, 5.74) is 1.03. The van der Waals surface area contributed by atoms with E-state index in [1.807, 2.05) is 35.5 Å². The number of fused-ring (bicyclic) bond motifs is 2. The summed E-state index contributed by atoms with van der Waals surface area (Å²) in [7, 11) is 0. The summed E-state index contributed by atoms with van der Waals surface area (Å²) in [5, 5.41) is 9.03. The molecule has 91 valence electrons. The number of anilines is 1. The van der Waals surface area contributed by atoms with E-state index in [2.05, 4.69) is 46.4 Å². The lowest BCUT2D eigenvalue weighted by Gasteiger charge is -2.18. The van der Waals surface area contributed by atoms with Gasteiger partial charge in [0.2, 0.25) is 0 Å². The van der Waals surface area contributed by atoms with Gasteiger partial charge in [0.25, 0.3) is 0 Å². The van der Waals surface area contributed by atoms with Crippen LogP contribution in [0, 0.1) is 6.07 Å². The molecule has 0 amide bonds. The highest BCUT2D eigenvalue weighted by Gasteiger charge is 2.22. The van der Waals surface area contributed by atoms with Crippen LogP contribution in [0.15, 0.2) is 65.9 Å². The van der Waals surface area contributed by atoms with E-state index in [-0.39, 0.29) is 0 Å². The quantitative estimate of drug-likeness (QED) is 0.770. The molecule has 0 N–H and O–H groups in total. The second kappa shape index (κ2) is 3.99. The molecular formula is C16H12N3. The van der Waals surface area contributed by atoms with Gasteiger partial charge in [-0.1, -0.05) is 42.5 Å². The number of nitrogens with zero attached hydrogens (tertiary/aromatic N) is 3. The molecule has 2 aliphatic rings. The van der Waals surface area contributed by atoms with Crippen molar-refractivity contribution in [2.45, 2.75) is 0 Å². The Balaban J connectivity index is 1.82. The van der Waals surface area contributed by atoms with Crippen LogP contribution >= 0.6 is 0 Å². The van der Waals surface area contributed by atoms with Crippen molar-refractivity contribution >= 4 is 22.3 Å². The lowest BCUT2D eigenvalue weighted by atomic mass is 10.1. The van der Waals surface area contributed by atoms with Gasteiger partial charge >= 0.3 is 0 Å². The van der Waals surface area contributed by atoms with E-state index in [0.717, 1.165) is 18.2 Å². The van der Waals surface area contributed by atoms with Crippen LogP contribution in [-0.2, 0) is 0 Å². The Kier molecular flexibility index (Phi) is 2.18. The lowest BCUT2D eigenvalue weighted by molar-refractivity contribution is 0.590. The maximum atomic E-state index is 4.64. The normalized spacial score (nSPS) is 16.9. The maximum absolute atomic E-state index is 4.64. The Morgan fingerprint density at radius 1 is 1.11 bits per heavy atom. The fourth-order valence-electron chi connectivity index (χ4n) is 2.46. The molecule has 4 rings (SSSR count). The zero-order valence-corrected chi connectivity index (χ0v) is 10.3. The van der Waals surface area contributed by atoms with Crippen molar-refractivity contribution in [3.05, 3.63) is 66.9 Å². The molecule has 0 unspecified atom stereocenters. The van der Waals surface area contributed by atoms with Crippen molar-refractivity contribution in [3.63, 3.8) is 0 Å². The Bertz CT molecular complexity index is 722. The summed E-state index contributed by atoms with van der Waals surface area (Å²) < 4.78 is 0. The predicted molar refractivity (Wildman–Crippen MR) is 77.7 cm³/mol. The van der Waals surface area contributed by atoms with Gasteiger partial charge in [-0.2, -0.15) is 5.10 Å². The Labute approximate surface area is 111 Å². The molecule has 0 saturated carbocycles. The standard InChI is InChI=1S/C16H12N3/c1-2-8-14-13(6-1)7-5-9-15(14)19-12-18-11-4-3-10-16(18)17-19/h1-8,10-11H,12H2. The van der Waals surface area contributed by atoms with Crippen LogP contribution in [0.25, 0.3) is 10.8 Å². The molecule has 19 heavy (non-hydrogen) atoms. The molecule has 0 spiro atoms. The molecule has 3 heteroatoms. The van der Waals surface area contributed by atoms with Crippen molar-refractivity contribution in [1.82, 2.24) is 4.90 Å². The molecule has 1 radical (unpaired) electrons. The third kappa shape index (κ3) is 1.63. The molecule has 2 aromatic carbocycles. The average molecular weight is 246 g/mol. The maximum Gasteiger partial charge on any atom is 0.154 e. The molecule has 0 fully saturated rings. The Morgan fingerprint density at radius 3 is 3.00 bits per heavy atom. The molecule has 0 aliphatic carbocycles. The van der Waals surface area contributed by atoms with Crippen molar-refractivity contribution in [2.75, 3.05) is 11.7 Å². The first-order chi connectivity index (χ1) is 9.42. The molecule has 2 aromatic rings. The van der Waals surface area contributed by atoms with Crippen LogP contribution in [0.4, 0.5) is 5.69 Å². The molecule has 0 saturated heterocycles. The Hall–Kier alpha value is -2.55. The second-order valence-electron chi connectivity index (χ2n) is 4.58. The van der Waals surface area contributed by atoms with Gasteiger partial charge in [-0.3, -0.25) is 0 Å². The molecule has 3 nitrogen and oxygen atoms in total. The van der Waals surface area contributed by atoms with E-state index in [0.29, 0.717) is 0 Å². The zero-order chi connectivity index (χ0) is 12.7. The third-order valence-corrected chi connectivity index (χ3v) is 3.38. The third-order valence-electron chi connectivity index (χ3n) is 3.38. The van der Waals surface area contributed by atoms with Gasteiger partial charge in [-0.25, -0.2) is 5.01 Å². The van der Waals surface area contributed by atoms with Gasteiger partial charge in [0, 0.05) is 17.7 Å².